The first-order valence-corrected chi connectivity index (χ1v) is 10.7. The van der Waals surface area contributed by atoms with Gasteiger partial charge in [-0.1, -0.05) is 32.9 Å². The minimum atomic E-state index is -0.867. The van der Waals surface area contributed by atoms with Crippen molar-refractivity contribution in [1.82, 2.24) is 0 Å². The van der Waals surface area contributed by atoms with E-state index in [1.54, 1.807) is 0 Å². The fourth-order valence-corrected chi connectivity index (χ4v) is 3.09. The second kappa shape index (κ2) is 5.94. The van der Waals surface area contributed by atoms with Gasteiger partial charge in [0, 0.05) is 5.46 Å². The molecule has 127 valence electrons. The van der Waals surface area contributed by atoms with Gasteiger partial charge in [-0.3, -0.25) is 0 Å². The van der Waals surface area contributed by atoms with Crippen LogP contribution in [0.25, 0.3) is 0 Å². The largest absolute Gasteiger partial charge is 0.543 e. The fraction of sp³-hybridized carbons (Fsp3) is 0.667. The third kappa shape index (κ3) is 3.83. The molecular weight excluding hydrogens is 303 g/mol. The van der Waals surface area contributed by atoms with Crippen LogP contribution in [0.1, 0.15) is 54.0 Å². The number of rotatable bonds is 3. The lowest BCUT2D eigenvalue weighted by Gasteiger charge is -2.32. The molecule has 1 aromatic carbocycles. The molecule has 5 heteroatoms. The van der Waals surface area contributed by atoms with Gasteiger partial charge in [0.2, 0.25) is 0 Å². The molecule has 0 atom stereocenters. The van der Waals surface area contributed by atoms with Crippen molar-refractivity contribution in [3.8, 4) is 5.75 Å². The Bertz CT molecular complexity index is 560. The summed E-state index contributed by atoms with van der Waals surface area (Å²) in [7, 11) is -1.25. The van der Waals surface area contributed by atoms with Gasteiger partial charge in [0.15, 0.2) is 0 Å². The summed E-state index contributed by atoms with van der Waals surface area (Å²) < 4.78 is 18.6. The number of hydrogen-bond acceptors (Lipinski definition) is 3. The van der Waals surface area contributed by atoms with Crippen molar-refractivity contribution >= 4 is 21.6 Å². The zero-order valence-electron chi connectivity index (χ0n) is 16.0. The summed E-state index contributed by atoms with van der Waals surface area (Å²) in [5.41, 5.74) is 1.65. The van der Waals surface area contributed by atoms with Crippen molar-refractivity contribution < 1.29 is 13.7 Å². The molecule has 1 aromatic rings. The predicted molar refractivity (Wildman–Crippen MR) is 99.0 cm³/mol. The van der Waals surface area contributed by atoms with E-state index in [2.05, 4.69) is 79.8 Å². The van der Waals surface area contributed by atoms with Crippen LogP contribution in [-0.2, 0) is 14.7 Å². The van der Waals surface area contributed by atoms with Crippen LogP contribution in [-0.4, -0.2) is 27.4 Å². The zero-order valence-corrected chi connectivity index (χ0v) is 17.0. The SMILES string of the molecule is C[Si](C)Oc1cc(C(C)(C)C)ccc1B1OC(C)(C)C(C)(C)O1. The van der Waals surface area contributed by atoms with Crippen LogP contribution in [0, 0.1) is 0 Å². The maximum Gasteiger partial charge on any atom is 0.498 e. The van der Waals surface area contributed by atoms with Crippen LogP contribution < -0.4 is 9.89 Å². The third-order valence-electron chi connectivity index (χ3n) is 4.70. The molecule has 0 aliphatic carbocycles. The standard InChI is InChI=1S/C18H30BO3Si/c1-16(2,3)13-10-11-14(15(12-13)20-23(8)9)19-21-17(4,5)18(6,7)22-19/h10-12H,1-9H3. The normalized spacial score (nSPS) is 20.2. The molecule has 0 aromatic heterocycles. The van der Waals surface area contributed by atoms with Gasteiger partial charge in [-0.05, 0) is 57.8 Å². The summed E-state index contributed by atoms with van der Waals surface area (Å²) in [6.45, 7) is 19.2. The van der Waals surface area contributed by atoms with Gasteiger partial charge in [-0.2, -0.15) is 0 Å². The highest BCUT2D eigenvalue weighted by atomic mass is 28.3. The molecule has 1 radical (unpaired) electrons. The molecule has 1 aliphatic heterocycles. The summed E-state index contributed by atoms with van der Waals surface area (Å²) in [5.74, 6) is 0.898. The van der Waals surface area contributed by atoms with Crippen molar-refractivity contribution in [2.24, 2.45) is 0 Å². The minimum absolute atomic E-state index is 0.0843. The van der Waals surface area contributed by atoms with Gasteiger partial charge >= 0.3 is 7.12 Å². The van der Waals surface area contributed by atoms with E-state index in [9.17, 15) is 0 Å². The van der Waals surface area contributed by atoms with Gasteiger partial charge in [0.05, 0.1) is 11.2 Å². The van der Waals surface area contributed by atoms with Crippen molar-refractivity contribution in [2.45, 2.75) is 78.2 Å². The Morgan fingerprint density at radius 3 is 1.96 bits per heavy atom. The van der Waals surface area contributed by atoms with Crippen LogP contribution in [0.4, 0.5) is 0 Å². The Balaban J connectivity index is 2.43. The Hall–Kier alpha value is -0.778. The summed E-state index contributed by atoms with van der Waals surface area (Å²) in [6, 6.07) is 6.41. The maximum absolute atomic E-state index is 6.21. The van der Waals surface area contributed by atoms with Crippen LogP contribution >= 0.6 is 0 Å². The van der Waals surface area contributed by atoms with Crippen LogP contribution in [0.2, 0.25) is 13.1 Å². The van der Waals surface area contributed by atoms with Crippen molar-refractivity contribution in [2.75, 3.05) is 0 Å². The molecule has 0 unspecified atom stereocenters. The van der Waals surface area contributed by atoms with Crippen LogP contribution in [0.3, 0.4) is 0 Å². The summed E-state index contributed by atoms with van der Waals surface area (Å²) >= 11 is 0. The maximum atomic E-state index is 6.21. The zero-order chi connectivity index (χ0) is 17.6. The first-order valence-electron chi connectivity index (χ1n) is 8.31. The average molecular weight is 333 g/mol. The highest BCUT2D eigenvalue weighted by Crippen LogP contribution is 2.37. The van der Waals surface area contributed by atoms with E-state index in [0.717, 1.165) is 11.2 Å². The first kappa shape index (κ1) is 18.6. The van der Waals surface area contributed by atoms with Crippen LogP contribution in [0.15, 0.2) is 18.2 Å². The second-order valence-corrected chi connectivity index (χ2v) is 10.6. The highest BCUT2D eigenvalue weighted by Gasteiger charge is 2.52. The Morgan fingerprint density at radius 1 is 1.00 bits per heavy atom. The van der Waals surface area contributed by atoms with Gasteiger partial charge in [0.1, 0.15) is 5.75 Å². The van der Waals surface area contributed by atoms with Crippen LogP contribution in [0.5, 0.6) is 5.75 Å². The topological polar surface area (TPSA) is 27.7 Å². The summed E-state index contributed by atoms with van der Waals surface area (Å²) in [4.78, 5) is 0. The molecule has 1 saturated heterocycles. The average Bonchev–Trinajstić information content (AvgIpc) is 2.56. The molecule has 0 spiro atoms. The monoisotopic (exact) mass is 333 g/mol. The third-order valence-corrected chi connectivity index (χ3v) is 5.33. The van der Waals surface area contributed by atoms with E-state index >= 15 is 0 Å². The molecule has 0 bridgehead atoms. The molecule has 0 amide bonds. The molecule has 2 rings (SSSR count). The van der Waals surface area contributed by atoms with E-state index in [1.807, 2.05) is 0 Å². The van der Waals surface area contributed by atoms with E-state index in [4.69, 9.17) is 13.7 Å². The predicted octanol–water partition coefficient (Wildman–Crippen LogP) is 3.91. The number of benzene rings is 1. The lowest BCUT2D eigenvalue weighted by molar-refractivity contribution is 0.00578. The Kier molecular flexibility index (Phi) is 4.79. The van der Waals surface area contributed by atoms with E-state index in [0.29, 0.717) is 0 Å². The molecule has 1 heterocycles. The van der Waals surface area contributed by atoms with Crippen molar-refractivity contribution in [1.29, 1.82) is 0 Å². The Morgan fingerprint density at radius 2 is 1.52 bits per heavy atom. The van der Waals surface area contributed by atoms with Gasteiger partial charge in [0.25, 0.3) is 9.04 Å². The van der Waals surface area contributed by atoms with Gasteiger partial charge in [-0.15, -0.1) is 0 Å². The Labute approximate surface area is 143 Å². The van der Waals surface area contributed by atoms with Gasteiger partial charge in [-0.25, -0.2) is 0 Å². The molecule has 0 N–H and O–H groups in total. The van der Waals surface area contributed by atoms with Crippen molar-refractivity contribution in [3.63, 3.8) is 0 Å². The number of hydrogen-bond donors (Lipinski definition) is 0. The summed E-state index contributed by atoms with van der Waals surface area (Å²) in [5, 5.41) is 0. The molecule has 23 heavy (non-hydrogen) atoms. The molecule has 0 saturated carbocycles. The van der Waals surface area contributed by atoms with E-state index in [-0.39, 0.29) is 23.7 Å². The van der Waals surface area contributed by atoms with Crippen molar-refractivity contribution in [3.05, 3.63) is 23.8 Å². The molecule has 1 fully saturated rings. The molecule has 1 aliphatic rings. The van der Waals surface area contributed by atoms with E-state index in [1.165, 1.54) is 5.56 Å². The fourth-order valence-electron chi connectivity index (χ4n) is 2.47. The van der Waals surface area contributed by atoms with E-state index < -0.39 is 9.04 Å². The smallest absolute Gasteiger partial charge is 0.498 e. The summed E-state index contributed by atoms with van der Waals surface area (Å²) in [6.07, 6.45) is 0. The quantitative estimate of drug-likeness (QED) is 0.785. The minimum Gasteiger partial charge on any atom is -0.543 e. The first-order chi connectivity index (χ1) is 10.3. The van der Waals surface area contributed by atoms with Gasteiger partial charge < -0.3 is 13.7 Å². The lowest BCUT2D eigenvalue weighted by atomic mass is 9.76. The lowest BCUT2D eigenvalue weighted by Crippen LogP contribution is -2.41. The second-order valence-electron chi connectivity index (χ2n) is 8.60. The highest BCUT2D eigenvalue weighted by molar-refractivity contribution is 6.63. The molecular formula is C18H30BO3Si. The molecule has 3 nitrogen and oxygen atoms in total.